The first-order valence-corrected chi connectivity index (χ1v) is 6.97. The zero-order valence-electron chi connectivity index (χ0n) is 11.5. The second-order valence-corrected chi connectivity index (χ2v) is 5.39. The SMILES string of the molecule is CNc1nc(NC(C)CC2CC2)c2ccccc2n1. The van der Waals surface area contributed by atoms with Crippen molar-refractivity contribution in [2.45, 2.75) is 32.2 Å². The number of rotatable bonds is 5. The molecule has 19 heavy (non-hydrogen) atoms. The van der Waals surface area contributed by atoms with E-state index in [2.05, 4.69) is 33.6 Å². The van der Waals surface area contributed by atoms with Gasteiger partial charge >= 0.3 is 0 Å². The molecule has 1 heterocycles. The third-order valence-electron chi connectivity index (χ3n) is 3.59. The zero-order chi connectivity index (χ0) is 13.2. The number of anilines is 2. The second-order valence-electron chi connectivity index (χ2n) is 5.39. The predicted octanol–water partition coefficient (Wildman–Crippen LogP) is 3.27. The number of nitrogens with zero attached hydrogens (tertiary/aromatic N) is 2. The molecule has 3 rings (SSSR count). The van der Waals surface area contributed by atoms with Gasteiger partial charge in [0.15, 0.2) is 0 Å². The van der Waals surface area contributed by atoms with Crippen LogP contribution in [-0.2, 0) is 0 Å². The molecule has 0 radical (unpaired) electrons. The van der Waals surface area contributed by atoms with E-state index in [1.807, 2.05) is 25.2 Å². The Balaban J connectivity index is 1.90. The molecule has 1 unspecified atom stereocenters. The van der Waals surface area contributed by atoms with E-state index >= 15 is 0 Å². The van der Waals surface area contributed by atoms with Crippen molar-refractivity contribution < 1.29 is 0 Å². The topological polar surface area (TPSA) is 49.8 Å². The largest absolute Gasteiger partial charge is 0.367 e. The van der Waals surface area contributed by atoms with E-state index in [4.69, 9.17) is 0 Å². The Kier molecular flexibility index (Phi) is 3.23. The van der Waals surface area contributed by atoms with Crippen LogP contribution in [0.4, 0.5) is 11.8 Å². The molecule has 1 fully saturated rings. The average Bonchev–Trinajstić information content (AvgIpc) is 3.22. The van der Waals surface area contributed by atoms with Crippen molar-refractivity contribution in [2.24, 2.45) is 5.92 Å². The molecule has 4 heteroatoms. The van der Waals surface area contributed by atoms with Crippen LogP contribution in [0.3, 0.4) is 0 Å². The summed E-state index contributed by atoms with van der Waals surface area (Å²) in [4.78, 5) is 9.03. The van der Waals surface area contributed by atoms with Crippen molar-refractivity contribution in [1.82, 2.24) is 9.97 Å². The lowest BCUT2D eigenvalue weighted by atomic mass is 10.1. The number of hydrogen-bond donors (Lipinski definition) is 2. The summed E-state index contributed by atoms with van der Waals surface area (Å²) in [5.74, 6) is 2.52. The van der Waals surface area contributed by atoms with Crippen LogP contribution < -0.4 is 10.6 Å². The van der Waals surface area contributed by atoms with Gasteiger partial charge in [0.25, 0.3) is 0 Å². The molecule has 2 N–H and O–H groups in total. The minimum Gasteiger partial charge on any atom is -0.367 e. The van der Waals surface area contributed by atoms with Gasteiger partial charge in [0.05, 0.1) is 5.52 Å². The lowest BCUT2D eigenvalue weighted by Gasteiger charge is -2.16. The van der Waals surface area contributed by atoms with Crippen LogP contribution in [-0.4, -0.2) is 23.1 Å². The number of benzene rings is 1. The summed E-state index contributed by atoms with van der Waals surface area (Å²) in [5, 5.41) is 7.65. The molecule has 0 spiro atoms. The first kappa shape index (κ1) is 12.2. The fourth-order valence-corrected chi connectivity index (χ4v) is 2.44. The Morgan fingerprint density at radius 1 is 1.26 bits per heavy atom. The molecular formula is C15H20N4. The van der Waals surface area contributed by atoms with E-state index in [1.165, 1.54) is 19.3 Å². The number of fused-ring (bicyclic) bond motifs is 1. The number of aromatic nitrogens is 2. The monoisotopic (exact) mass is 256 g/mol. The highest BCUT2D eigenvalue weighted by molar-refractivity contribution is 5.90. The highest BCUT2D eigenvalue weighted by Crippen LogP contribution is 2.34. The molecule has 0 saturated heterocycles. The van der Waals surface area contributed by atoms with Gasteiger partial charge in [-0.3, -0.25) is 0 Å². The van der Waals surface area contributed by atoms with Crippen molar-refractivity contribution in [3.05, 3.63) is 24.3 Å². The van der Waals surface area contributed by atoms with Crippen LogP contribution in [0.25, 0.3) is 10.9 Å². The summed E-state index contributed by atoms with van der Waals surface area (Å²) in [6.07, 6.45) is 4.00. The van der Waals surface area contributed by atoms with E-state index in [0.717, 1.165) is 22.6 Å². The van der Waals surface area contributed by atoms with Gasteiger partial charge in [0.2, 0.25) is 5.95 Å². The molecule has 1 saturated carbocycles. The third-order valence-corrected chi connectivity index (χ3v) is 3.59. The van der Waals surface area contributed by atoms with Crippen LogP contribution in [0.1, 0.15) is 26.2 Å². The van der Waals surface area contributed by atoms with E-state index in [-0.39, 0.29) is 0 Å². The number of para-hydroxylation sites is 1. The zero-order valence-corrected chi connectivity index (χ0v) is 11.5. The van der Waals surface area contributed by atoms with Gasteiger partial charge in [-0.1, -0.05) is 25.0 Å². The molecule has 1 aromatic carbocycles. The van der Waals surface area contributed by atoms with E-state index in [9.17, 15) is 0 Å². The predicted molar refractivity (Wildman–Crippen MR) is 79.5 cm³/mol. The van der Waals surface area contributed by atoms with Gasteiger partial charge in [-0.2, -0.15) is 4.98 Å². The van der Waals surface area contributed by atoms with Gasteiger partial charge in [0, 0.05) is 18.5 Å². The summed E-state index contributed by atoms with van der Waals surface area (Å²) < 4.78 is 0. The Bertz CT molecular complexity index is 577. The van der Waals surface area contributed by atoms with E-state index in [0.29, 0.717) is 12.0 Å². The van der Waals surface area contributed by atoms with E-state index < -0.39 is 0 Å². The first-order chi connectivity index (χ1) is 9.26. The first-order valence-electron chi connectivity index (χ1n) is 6.97. The smallest absolute Gasteiger partial charge is 0.224 e. The lowest BCUT2D eigenvalue weighted by molar-refractivity contribution is 0.641. The average molecular weight is 256 g/mol. The van der Waals surface area contributed by atoms with Crippen LogP contribution >= 0.6 is 0 Å². The van der Waals surface area contributed by atoms with Crippen LogP contribution in [0.5, 0.6) is 0 Å². The van der Waals surface area contributed by atoms with Crippen molar-refractivity contribution in [3.63, 3.8) is 0 Å². The van der Waals surface area contributed by atoms with Crippen molar-refractivity contribution in [2.75, 3.05) is 17.7 Å². The minimum atomic E-state index is 0.454. The van der Waals surface area contributed by atoms with Gasteiger partial charge in [-0.25, -0.2) is 4.98 Å². The van der Waals surface area contributed by atoms with Crippen LogP contribution in [0.2, 0.25) is 0 Å². The van der Waals surface area contributed by atoms with Crippen molar-refractivity contribution >= 4 is 22.7 Å². The second kappa shape index (κ2) is 5.03. The molecule has 2 aromatic rings. The lowest BCUT2D eigenvalue weighted by Crippen LogP contribution is -2.17. The molecule has 1 atom stereocenters. The van der Waals surface area contributed by atoms with Crippen LogP contribution in [0.15, 0.2) is 24.3 Å². The molecule has 1 aliphatic rings. The molecular weight excluding hydrogens is 236 g/mol. The Morgan fingerprint density at radius 3 is 2.79 bits per heavy atom. The molecule has 1 aromatic heterocycles. The summed E-state index contributed by atoms with van der Waals surface area (Å²) >= 11 is 0. The summed E-state index contributed by atoms with van der Waals surface area (Å²) in [6, 6.07) is 8.58. The maximum Gasteiger partial charge on any atom is 0.224 e. The normalized spacial score (nSPS) is 16.3. The number of nitrogens with one attached hydrogen (secondary N) is 2. The van der Waals surface area contributed by atoms with Gasteiger partial charge in [-0.15, -0.1) is 0 Å². The minimum absolute atomic E-state index is 0.454. The van der Waals surface area contributed by atoms with Gasteiger partial charge in [0.1, 0.15) is 5.82 Å². The number of hydrogen-bond acceptors (Lipinski definition) is 4. The highest BCUT2D eigenvalue weighted by atomic mass is 15.1. The molecule has 4 nitrogen and oxygen atoms in total. The molecule has 0 amide bonds. The van der Waals surface area contributed by atoms with E-state index in [1.54, 1.807) is 0 Å². The molecule has 100 valence electrons. The van der Waals surface area contributed by atoms with Crippen molar-refractivity contribution in [1.29, 1.82) is 0 Å². The highest BCUT2D eigenvalue weighted by Gasteiger charge is 2.23. The summed E-state index contributed by atoms with van der Waals surface area (Å²) in [5.41, 5.74) is 0.975. The quantitative estimate of drug-likeness (QED) is 0.862. The summed E-state index contributed by atoms with van der Waals surface area (Å²) in [6.45, 7) is 2.23. The Hall–Kier alpha value is -1.84. The fourth-order valence-electron chi connectivity index (χ4n) is 2.44. The van der Waals surface area contributed by atoms with Gasteiger partial charge < -0.3 is 10.6 Å². The van der Waals surface area contributed by atoms with Crippen molar-refractivity contribution in [3.8, 4) is 0 Å². The Morgan fingerprint density at radius 2 is 2.05 bits per heavy atom. The van der Waals surface area contributed by atoms with Crippen LogP contribution in [0, 0.1) is 5.92 Å². The maximum absolute atomic E-state index is 4.55. The molecule has 0 aliphatic heterocycles. The molecule has 1 aliphatic carbocycles. The van der Waals surface area contributed by atoms with Gasteiger partial charge in [-0.05, 0) is 31.4 Å². The Labute approximate surface area is 113 Å². The summed E-state index contributed by atoms with van der Waals surface area (Å²) in [7, 11) is 1.85. The maximum atomic E-state index is 4.55. The standard InChI is InChI=1S/C15H20N4/c1-10(9-11-7-8-11)17-14-12-5-3-4-6-13(12)18-15(16-2)19-14/h3-6,10-11H,7-9H2,1-2H3,(H2,16,17,18,19). The third kappa shape index (κ3) is 2.78. The molecule has 0 bridgehead atoms. The fraction of sp³-hybridized carbons (Fsp3) is 0.467.